The molecule has 0 bridgehead atoms. The topological polar surface area (TPSA) is 49.4 Å². The van der Waals surface area contributed by atoms with E-state index in [0.717, 1.165) is 25.7 Å². The Morgan fingerprint density at radius 3 is 2.33 bits per heavy atom. The van der Waals surface area contributed by atoms with E-state index in [1.165, 1.54) is 4.90 Å². The van der Waals surface area contributed by atoms with E-state index in [0.29, 0.717) is 6.42 Å². The first kappa shape index (κ1) is 10.5. The van der Waals surface area contributed by atoms with Gasteiger partial charge in [0.15, 0.2) is 0 Å². The van der Waals surface area contributed by atoms with Crippen molar-refractivity contribution in [3.05, 3.63) is 0 Å². The predicted octanol–water partition coefficient (Wildman–Crippen LogP) is 1.65. The van der Waals surface area contributed by atoms with Crippen LogP contribution in [-0.2, 0) is 4.79 Å². The zero-order valence-electron chi connectivity index (χ0n) is 9.38. The highest BCUT2D eigenvalue weighted by atomic mass is 16.2. The van der Waals surface area contributed by atoms with E-state index in [1.807, 2.05) is 13.8 Å². The Hall–Kier alpha value is -1.06. The van der Waals surface area contributed by atoms with Crippen LogP contribution in [0.4, 0.5) is 4.79 Å². The van der Waals surface area contributed by atoms with Gasteiger partial charge in [-0.2, -0.15) is 0 Å². The fourth-order valence-corrected chi connectivity index (χ4v) is 2.70. The van der Waals surface area contributed by atoms with Crippen LogP contribution in [0.2, 0.25) is 0 Å². The van der Waals surface area contributed by atoms with Gasteiger partial charge in [-0.15, -0.1) is 0 Å². The number of rotatable bonds is 1. The molecule has 0 radical (unpaired) electrons. The van der Waals surface area contributed by atoms with E-state index in [9.17, 15) is 9.59 Å². The van der Waals surface area contributed by atoms with Crippen LogP contribution >= 0.6 is 0 Å². The minimum atomic E-state index is -0.209. The maximum absolute atomic E-state index is 11.9. The fraction of sp³-hybridized carbons (Fsp3) is 0.818. The molecule has 1 spiro atoms. The predicted molar refractivity (Wildman–Crippen MR) is 56.3 cm³/mol. The highest BCUT2D eigenvalue weighted by Gasteiger charge is 2.45. The average molecular weight is 210 g/mol. The number of nitrogens with zero attached hydrogens (tertiary/aromatic N) is 1. The Morgan fingerprint density at radius 1 is 1.27 bits per heavy atom. The van der Waals surface area contributed by atoms with Gasteiger partial charge >= 0.3 is 6.03 Å². The first-order valence-corrected chi connectivity index (χ1v) is 5.68. The summed E-state index contributed by atoms with van der Waals surface area (Å²) in [4.78, 5) is 25.0. The lowest BCUT2D eigenvalue weighted by Gasteiger charge is -2.40. The van der Waals surface area contributed by atoms with Gasteiger partial charge < -0.3 is 5.32 Å². The molecule has 0 aromatic carbocycles. The normalized spacial score (nSPS) is 25.1. The maximum Gasteiger partial charge on any atom is 0.324 e. The van der Waals surface area contributed by atoms with Crippen LogP contribution in [0.5, 0.6) is 0 Å². The molecule has 4 nitrogen and oxygen atoms in total. The Balaban J connectivity index is 2.16. The zero-order valence-corrected chi connectivity index (χ0v) is 9.38. The molecule has 0 atom stereocenters. The molecule has 1 saturated heterocycles. The number of hydrogen-bond donors (Lipinski definition) is 1. The highest BCUT2D eigenvalue weighted by molar-refractivity contribution is 5.98. The van der Waals surface area contributed by atoms with Crippen LogP contribution in [0, 0.1) is 0 Å². The molecule has 15 heavy (non-hydrogen) atoms. The standard InChI is InChI=1S/C11H18N2O2/c1-8(2)13-9(14)7-11(12-10(13)15)5-3-4-6-11/h8H,3-7H2,1-2H3,(H,12,15). The molecule has 1 aliphatic carbocycles. The number of nitrogens with one attached hydrogen (secondary N) is 1. The van der Waals surface area contributed by atoms with Gasteiger partial charge in [0.1, 0.15) is 0 Å². The molecule has 0 aromatic rings. The second-order valence-electron chi connectivity index (χ2n) is 4.95. The second kappa shape index (κ2) is 3.51. The van der Waals surface area contributed by atoms with Gasteiger partial charge in [-0.25, -0.2) is 4.79 Å². The van der Waals surface area contributed by atoms with Crippen molar-refractivity contribution < 1.29 is 9.59 Å². The van der Waals surface area contributed by atoms with Gasteiger partial charge in [-0.1, -0.05) is 12.8 Å². The van der Waals surface area contributed by atoms with Crippen molar-refractivity contribution in [3.8, 4) is 0 Å². The first-order valence-electron chi connectivity index (χ1n) is 5.68. The van der Waals surface area contributed by atoms with Gasteiger partial charge in [-0.05, 0) is 26.7 Å². The third kappa shape index (κ3) is 1.73. The van der Waals surface area contributed by atoms with Crippen molar-refractivity contribution in [1.82, 2.24) is 10.2 Å². The SMILES string of the molecule is CC(C)N1C(=O)CC2(CCCC2)NC1=O. The van der Waals surface area contributed by atoms with Gasteiger partial charge in [0.05, 0.1) is 12.0 Å². The van der Waals surface area contributed by atoms with Crippen molar-refractivity contribution in [2.45, 2.75) is 57.5 Å². The molecule has 1 heterocycles. The molecule has 2 aliphatic rings. The summed E-state index contributed by atoms with van der Waals surface area (Å²) in [5.74, 6) is -0.0179. The lowest BCUT2D eigenvalue weighted by Crippen LogP contribution is -2.62. The Labute approximate surface area is 90.0 Å². The van der Waals surface area contributed by atoms with Crippen LogP contribution in [-0.4, -0.2) is 28.4 Å². The average Bonchev–Trinajstić information content (AvgIpc) is 2.50. The van der Waals surface area contributed by atoms with Crippen molar-refractivity contribution >= 4 is 11.9 Å². The molecule has 1 aliphatic heterocycles. The van der Waals surface area contributed by atoms with Crippen LogP contribution in [0.3, 0.4) is 0 Å². The Kier molecular flexibility index (Phi) is 2.44. The Morgan fingerprint density at radius 2 is 1.87 bits per heavy atom. The molecule has 2 rings (SSSR count). The third-order valence-corrected chi connectivity index (χ3v) is 3.43. The second-order valence-corrected chi connectivity index (χ2v) is 4.95. The largest absolute Gasteiger partial charge is 0.332 e. The summed E-state index contributed by atoms with van der Waals surface area (Å²) in [7, 11) is 0. The summed E-state index contributed by atoms with van der Waals surface area (Å²) in [6.45, 7) is 3.73. The molecule has 0 unspecified atom stereocenters. The number of imide groups is 1. The van der Waals surface area contributed by atoms with Gasteiger partial charge in [0, 0.05) is 6.04 Å². The lowest BCUT2D eigenvalue weighted by molar-refractivity contribution is -0.133. The van der Waals surface area contributed by atoms with E-state index in [2.05, 4.69) is 5.32 Å². The molecular weight excluding hydrogens is 192 g/mol. The van der Waals surface area contributed by atoms with Crippen molar-refractivity contribution in [1.29, 1.82) is 0 Å². The smallest absolute Gasteiger partial charge is 0.324 e. The third-order valence-electron chi connectivity index (χ3n) is 3.43. The molecule has 1 saturated carbocycles. The minimum absolute atomic E-state index is 0.0179. The van der Waals surface area contributed by atoms with Crippen LogP contribution in [0.15, 0.2) is 0 Å². The molecule has 1 N–H and O–H groups in total. The van der Waals surface area contributed by atoms with Gasteiger partial charge in [0.25, 0.3) is 0 Å². The van der Waals surface area contributed by atoms with Gasteiger partial charge in [0.2, 0.25) is 5.91 Å². The van der Waals surface area contributed by atoms with E-state index in [1.54, 1.807) is 0 Å². The number of carbonyl (C=O) groups is 2. The minimum Gasteiger partial charge on any atom is -0.332 e. The van der Waals surface area contributed by atoms with E-state index in [-0.39, 0.29) is 23.5 Å². The monoisotopic (exact) mass is 210 g/mol. The summed E-state index contributed by atoms with van der Waals surface area (Å²) in [6, 6.07) is -0.251. The van der Waals surface area contributed by atoms with E-state index in [4.69, 9.17) is 0 Å². The number of hydrogen-bond acceptors (Lipinski definition) is 2. The van der Waals surface area contributed by atoms with E-state index < -0.39 is 0 Å². The van der Waals surface area contributed by atoms with Crippen LogP contribution < -0.4 is 5.32 Å². The molecule has 84 valence electrons. The molecule has 3 amide bonds. The van der Waals surface area contributed by atoms with E-state index >= 15 is 0 Å². The molecule has 2 fully saturated rings. The number of urea groups is 1. The summed E-state index contributed by atoms with van der Waals surface area (Å²) in [6.07, 6.45) is 4.63. The summed E-state index contributed by atoms with van der Waals surface area (Å²) < 4.78 is 0. The summed E-state index contributed by atoms with van der Waals surface area (Å²) in [5, 5.41) is 3.02. The Bertz CT molecular complexity index is 273. The quantitative estimate of drug-likeness (QED) is 0.715. The van der Waals surface area contributed by atoms with Crippen LogP contribution in [0.1, 0.15) is 46.0 Å². The van der Waals surface area contributed by atoms with Crippen molar-refractivity contribution in [2.75, 3.05) is 0 Å². The van der Waals surface area contributed by atoms with Crippen molar-refractivity contribution in [2.24, 2.45) is 0 Å². The number of carbonyl (C=O) groups excluding carboxylic acids is 2. The van der Waals surface area contributed by atoms with Crippen LogP contribution in [0.25, 0.3) is 0 Å². The fourth-order valence-electron chi connectivity index (χ4n) is 2.70. The van der Waals surface area contributed by atoms with Crippen molar-refractivity contribution in [3.63, 3.8) is 0 Å². The summed E-state index contributed by atoms with van der Waals surface area (Å²) >= 11 is 0. The maximum atomic E-state index is 11.9. The van der Waals surface area contributed by atoms with Gasteiger partial charge in [-0.3, -0.25) is 9.69 Å². The zero-order chi connectivity index (χ0) is 11.1. The number of amides is 3. The molecular formula is C11H18N2O2. The molecule has 4 heteroatoms. The lowest BCUT2D eigenvalue weighted by atomic mass is 9.90. The molecule has 0 aromatic heterocycles. The summed E-state index contributed by atoms with van der Waals surface area (Å²) in [5.41, 5.74) is -0.209. The highest BCUT2D eigenvalue weighted by Crippen LogP contribution is 2.35. The first-order chi connectivity index (χ1) is 7.04.